The quantitative estimate of drug-likeness (QED) is 0.176. The van der Waals surface area contributed by atoms with E-state index in [1.165, 1.54) is 6.07 Å². The summed E-state index contributed by atoms with van der Waals surface area (Å²) in [5, 5.41) is 4.34. The Labute approximate surface area is 288 Å². The van der Waals surface area contributed by atoms with Gasteiger partial charge in [0.1, 0.15) is 11.5 Å². The third-order valence-corrected chi connectivity index (χ3v) is 9.25. The van der Waals surface area contributed by atoms with Crippen molar-refractivity contribution in [1.29, 1.82) is 0 Å². The zero-order chi connectivity index (χ0) is 34.1. The second kappa shape index (κ2) is 13.5. The summed E-state index contributed by atoms with van der Waals surface area (Å²) < 4.78 is 27.8. The topological polar surface area (TPSA) is 72.8 Å². The molecule has 0 atom stereocenters. The predicted octanol–water partition coefficient (Wildman–Crippen LogP) is 8.62. The number of anilines is 1. The van der Waals surface area contributed by atoms with Gasteiger partial charge in [-0.2, -0.15) is 0 Å². The number of benzene rings is 5. The number of nitrogens with zero attached hydrogens (tertiary/aromatic N) is 2. The fourth-order valence-corrected chi connectivity index (χ4v) is 6.49. The van der Waals surface area contributed by atoms with Crippen molar-refractivity contribution in [3.05, 3.63) is 148 Å². The molecule has 7 rings (SSSR count). The van der Waals surface area contributed by atoms with E-state index in [4.69, 9.17) is 21.1 Å². The van der Waals surface area contributed by atoms with Crippen LogP contribution in [0.3, 0.4) is 0 Å². The minimum Gasteiger partial charge on any atom is -0.493 e. The molecule has 0 aliphatic carbocycles. The number of ether oxygens (including phenoxy) is 2. The van der Waals surface area contributed by atoms with Crippen molar-refractivity contribution in [3.63, 3.8) is 0 Å². The van der Waals surface area contributed by atoms with E-state index in [9.17, 15) is 14.0 Å². The first-order valence-corrected chi connectivity index (χ1v) is 16.3. The van der Waals surface area contributed by atoms with Crippen molar-refractivity contribution in [2.45, 2.75) is 19.5 Å². The van der Waals surface area contributed by atoms with Gasteiger partial charge in [0.05, 0.1) is 20.8 Å². The molecule has 6 aromatic rings. The van der Waals surface area contributed by atoms with E-state index in [0.717, 1.165) is 33.2 Å². The number of hydrogen-bond acceptors (Lipinski definition) is 4. The molecular formula is C40H33ClFN3O4. The Hall–Kier alpha value is -5.60. The van der Waals surface area contributed by atoms with Crippen LogP contribution in [0.25, 0.3) is 22.0 Å². The number of nitrogens with one attached hydrogen (secondary N) is 1. The Morgan fingerprint density at radius 1 is 0.816 bits per heavy atom. The van der Waals surface area contributed by atoms with E-state index in [2.05, 4.69) is 5.32 Å². The maximum absolute atomic E-state index is 14.9. The van der Waals surface area contributed by atoms with Gasteiger partial charge in [-0.15, -0.1) is 0 Å². The molecule has 0 bridgehead atoms. The van der Waals surface area contributed by atoms with Gasteiger partial charge in [-0.25, -0.2) is 4.39 Å². The van der Waals surface area contributed by atoms with Crippen LogP contribution in [0.2, 0.25) is 5.02 Å². The van der Waals surface area contributed by atoms with Crippen LogP contribution in [0.15, 0.2) is 109 Å². The highest BCUT2D eigenvalue weighted by molar-refractivity contribution is 6.30. The number of carbonyl (C=O) groups is 2. The summed E-state index contributed by atoms with van der Waals surface area (Å²) in [5.41, 5.74) is 6.99. The summed E-state index contributed by atoms with van der Waals surface area (Å²) >= 11 is 5.95. The van der Waals surface area contributed by atoms with E-state index in [1.54, 1.807) is 56.7 Å². The molecule has 2 amide bonds. The van der Waals surface area contributed by atoms with Gasteiger partial charge in [0.15, 0.2) is 11.5 Å². The minimum absolute atomic E-state index is 0.129. The molecule has 0 fully saturated rings. The van der Waals surface area contributed by atoms with Crippen molar-refractivity contribution in [2.24, 2.45) is 0 Å². The number of methoxy groups -OCH3 is 2. The molecule has 5 aromatic carbocycles. The Morgan fingerprint density at radius 3 is 2.22 bits per heavy atom. The van der Waals surface area contributed by atoms with E-state index >= 15 is 0 Å². The smallest absolute Gasteiger partial charge is 0.270 e. The molecule has 49 heavy (non-hydrogen) atoms. The number of fused-ring (bicyclic) bond motifs is 2. The molecule has 0 saturated carbocycles. The molecule has 0 saturated heterocycles. The molecule has 7 nitrogen and oxygen atoms in total. The summed E-state index contributed by atoms with van der Waals surface area (Å²) in [5.74, 6) is 0.606. The van der Waals surface area contributed by atoms with Crippen LogP contribution in [-0.2, 0) is 19.5 Å². The zero-order valence-corrected chi connectivity index (χ0v) is 27.8. The number of amides is 2. The van der Waals surface area contributed by atoms with Crippen LogP contribution < -0.4 is 14.8 Å². The van der Waals surface area contributed by atoms with Gasteiger partial charge in [-0.3, -0.25) is 9.59 Å². The van der Waals surface area contributed by atoms with Crippen LogP contribution in [-0.4, -0.2) is 42.0 Å². The van der Waals surface area contributed by atoms with Gasteiger partial charge in [0.25, 0.3) is 11.8 Å². The van der Waals surface area contributed by atoms with Crippen LogP contribution in [0.1, 0.15) is 37.5 Å². The Kier molecular flexibility index (Phi) is 8.80. The van der Waals surface area contributed by atoms with Crippen molar-refractivity contribution < 1.29 is 23.5 Å². The lowest BCUT2D eigenvalue weighted by Crippen LogP contribution is -2.37. The SMILES string of the molecule is COc1cc2c(cc1OC)CN(C(=O)c1cc3cc(-c4ccc(NC(=O)c5ccc(Cl)cc5)cc4)ccc3n1Cc1ccccc1F)CC2. The van der Waals surface area contributed by atoms with E-state index < -0.39 is 0 Å². The van der Waals surface area contributed by atoms with Gasteiger partial charge in [-0.1, -0.05) is 48.0 Å². The molecular weight excluding hydrogens is 641 g/mol. The normalized spacial score (nSPS) is 12.4. The maximum atomic E-state index is 14.9. The highest BCUT2D eigenvalue weighted by atomic mass is 35.5. The second-order valence-corrected chi connectivity index (χ2v) is 12.4. The molecule has 0 radical (unpaired) electrons. The first-order chi connectivity index (χ1) is 23.8. The van der Waals surface area contributed by atoms with Crippen LogP contribution in [0, 0.1) is 5.82 Å². The van der Waals surface area contributed by atoms with E-state index in [0.29, 0.717) is 58.5 Å². The molecule has 1 N–H and O–H groups in total. The number of hydrogen-bond donors (Lipinski definition) is 1. The van der Waals surface area contributed by atoms with Crippen molar-refractivity contribution in [1.82, 2.24) is 9.47 Å². The molecule has 246 valence electrons. The highest BCUT2D eigenvalue weighted by Crippen LogP contribution is 2.35. The molecule has 1 aromatic heterocycles. The van der Waals surface area contributed by atoms with E-state index in [1.807, 2.05) is 70.1 Å². The second-order valence-electron chi connectivity index (χ2n) is 12.0. The number of rotatable bonds is 8. The fraction of sp³-hybridized carbons (Fsp3) is 0.150. The Morgan fingerprint density at radius 2 is 1.51 bits per heavy atom. The average molecular weight is 674 g/mol. The first kappa shape index (κ1) is 32.0. The van der Waals surface area contributed by atoms with Gasteiger partial charge in [0.2, 0.25) is 0 Å². The van der Waals surface area contributed by atoms with E-state index in [-0.39, 0.29) is 24.2 Å². The zero-order valence-electron chi connectivity index (χ0n) is 27.0. The predicted molar refractivity (Wildman–Crippen MR) is 190 cm³/mol. The molecule has 0 unspecified atom stereocenters. The van der Waals surface area contributed by atoms with Crippen molar-refractivity contribution >= 4 is 40.0 Å². The van der Waals surface area contributed by atoms with Gasteiger partial charge >= 0.3 is 0 Å². The first-order valence-electron chi connectivity index (χ1n) is 15.9. The lowest BCUT2D eigenvalue weighted by atomic mass is 9.98. The Balaban J connectivity index is 1.19. The minimum atomic E-state index is -0.324. The molecule has 9 heteroatoms. The van der Waals surface area contributed by atoms with Gasteiger partial charge in [0, 0.05) is 45.8 Å². The Bertz CT molecular complexity index is 2200. The lowest BCUT2D eigenvalue weighted by molar-refractivity contribution is 0.0724. The average Bonchev–Trinajstić information content (AvgIpc) is 3.49. The highest BCUT2D eigenvalue weighted by Gasteiger charge is 2.27. The number of carbonyl (C=O) groups excluding carboxylic acids is 2. The molecule has 1 aliphatic heterocycles. The van der Waals surface area contributed by atoms with Crippen LogP contribution in [0.5, 0.6) is 11.5 Å². The summed E-state index contributed by atoms with van der Waals surface area (Å²) in [7, 11) is 3.21. The van der Waals surface area contributed by atoms with Crippen molar-refractivity contribution in [3.8, 4) is 22.6 Å². The third kappa shape index (κ3) is 6.47. The monoisotopic (exact) mass is 673 g/mol. The standard InChI is InChI=1S/C40H33ClFN3O4/c1-48-37-21-28-17-18-44(23-31(28)22-38(37)49-2)40(47)36-20-30-19-27(11-16-35(30)45(36)24-29-5-3-4-6-34(29)42)25-9-14-33(15-10-25)43-39(46)26-7-12-32(41)13-8-26/h3-16,19-22H,17-18,23-24H2,1-2H3,(H,43,46). The molecule has 0 spiro atoms. The summed E-state index contributed by atoms with van der Waals surface area (Å²) in [6.07, 6.45) is 0.676. The summed E-state index contributed by atoms with van der Waals surface area (Å²) in [6, 6.07) is 32.7. The fourth-order valence-electron chi connectivity index (χ4n) is 6.36. The molecule has 2 heterocycles. The van der Waals surface area contributed by atoms with Crippen molar-refractivity contribution in [2.75, 3.05) is 26.1 Å². The van der Waals surface area contributed by atoms with Gasteiger partial charge < -0.3 is 24.3 Å². The van der Waals surface area contributed by atoms with Gasteiger partial charge in [-0.05, 0) is 101 Å². The van der Waals surface area contributed by atoms with Crippen LogP contribution in [0.4, 0.5) is 10.1 Å². The number of aromatic nitrogens is 1. The summed E-state index contributed by atoms with van der Waals surface area (Å²) in [4.78, 5) is 28.8. The van der Waals surface area contributed by atoms with Crippen LogP contribution >= 0.6 is 11.6 Å². The third-order valence-electron chi connectivity index (χ3n) is 8.99. The number of halogens is 2. The summed E-state index contributed by atoms with van der Waals surface area (Å²) in [6.45, 7) is 1.16. The lowest BCUT2D eigenvalue weighted by Gasteiger charge is -2.30. The largest absolute Gasteiger partial charge is 0.493 e. The maximum Gasteiger partial charge on any atom is 0.270 e. The molecule has 1 aliphatic rings.